The number of nitrogens with two attached hydrogens (primary N) is 1. The summed E-state index contributed by atoms with van der Waals surface area (Å²) in [7, 11) is 0. The Morgan fingerprint density at radius 2 is 2.29 bits per heavy atom. The average molecular weight is 199 g/mol. The SMILES string of the molecule is C#CCNC(=O)C(C)NOCC(N)=O. The smallest absolute Gasteiger partial charge is 0.245 e. The van der Waals surface area contributed by atoms with Gasteiger partial charge in [0.25, 0.3) is 0 Å². The molecule has 0 aliphatic carbocycles. The second kappa shape index (κ2) is 6.88. The fraction of sp³-hybridized carbons (Fsp3) is 0.500. The summed E-state index contributed by atoms with van der Waals surface area (Å²) in [6, 6.07) is -0.595. The first-order valence-electron chi connectivity index (χ1n) is 3.94. The lowest BCUT2D eigenvalue weighted by Gasteiger charge is -2.11. The molecule has 1 unspecified atom stereocenters. The van der Waals surface area contributed by atoms with Gasteiger partial charge in [-0.25, -0.2) is 0 Å². The van der Waals surface area contributed by atoms with Crippen LogP contribution >= 0.6 is 0 Å². The van der Waals surface area contributed by atoms with Gasteiger partial charge in [0.1, 0.15) is 12.6 Å². The van der Waals surface area contributed by atoms with Crippen LogP contribution in [0.25, 0.3) is 0 Å². The summed E-state index contributed by atoms with van der Waals surface area (Å²) in [5, 5.41) is 2.44. The van der Waals surface area contributed by atoms with Gasteiger partial charge in [-0.3, -0.25) is 14.4 Å². The molecule has 0 bridgehead atoms. The molecule has 0 aromatic rings. The van der Waals surface area contributed by atoms with E-state index in [2.05, 4.69) is 21.6 Å². The molecule has 6 nitrogen and oxygen atoms in total. The van der Waals surface area contributed by atoms with Crippen molar-refractivity contribution in [3.63, 3.8) is 0 Å². The molecular formula is C8H13N3O3. The van der Waals surface area contributed by atoms with Crippen LogP contribution in [-0.4, -0.2) is 31.0 Å². The minimum atomic E-state index is -0.617. The van der Waals surface area contributed by atoms with Gasteiger partial charge in [-0.05, 0) is 6.92 Å². The quantitative estimate of drug-likeness (QED) is 0.345. The molecular weight excluding hydrogens is 186 g/mol. The number of hydrogen-bond acceptors (Lipinski definition) is 4. The Hall–Kier alpha value is -1.58. The summed E-state index contributed by atoms with van der Waals surface area (Å²) >= 11 is 0. The van der Waals surface area contributed by atoms with Crippen LogP contribution < -0.4 is 16.5 Å². The number of carbonyl (C=O) groups is 2. The van der Waals surface area contributed by atoms with E-state index in [9.17, 15) is 9.59 Å². The molecule has 2 amide bonds. The van der Waals surface area contributed by atoms with Gasteiger partial charge in [-0.1, -0.05) is 5.92 Å². The zero-order valence-electron chi connectivity index (χ0n) is 7.87. The molecule has 0 rings (SSSR count). The summed E-state index contributed by atoms with van der Waals surface area (Å²) in [5.74, 6) is 1.32. The van der Waals surface area contributed by atoms with Crippen molar-refractivity contribution in [1.82, 2.24) is 10.8 Å². The van der Waals surface area contributed by atoms with Gasteiger partial charge in [0.15, 0.2) is 0 Å². The van der Waals surface area contributed by atoms with E-state index in [1.165, 1.54) is 0 Å². The molecule has 6 heteroatoms. The zero-order chi connectivity index (χ0) is 11.0. The maximum Gasteiger partial charge on any atom is 0.245 e. The predicted molar refractivity (Wildman–Crippen MR) is 49.6 cm³/mol. The summed E-state index contributed by atoms with van der Waals surface area (Å²) in [5.41, 5.74) is 7.15. The van der Waals surface area contributed by atoms with E-state index in [4.69, 9.17) is 12.2 Å². The molecule has 0 saturated heterocycles. The second-order valence-electron chi connectivity index (χ2n) is 2.52. The highest BCUT2D eigenvalue weighted by Crippen LogP contribution is 1.81. The average Bonchev–Trinajstić information content (AvgIpc) is 2.13. The Balaban J connectivity index is 3.63. The molecule has 0 aliphatic rings. The highest BCUT2D eigenvalue weighted by Gasteiger charge is 2.11. The Bertz CT molecular complexity index is 247. The first-order chi connectivity index (χ1) is 6.57. The molecule has 0 aromatic carbocycles. The Labute approximate surface area is 82.1 Å². The predicted octanol–water partition coefficient (Wildman–Crippen LogP) is -1.87. The van der Waals surface area contributed by atoms with Crippen molar-refractivity contribution >= 4 is 11.8 Å². The maximum absolute atomic E-state index is 11.1. The van der Waals surface area contributed by atoms with Crippen molar-refractivity contribution in [2.45, 2.75) is 13.0 Å². The Morgan fingerprint density at radius 1 is 1.64 bits per heavy atom. The van der Waals surface area contributed by atoms with Gasteiger partial charge in [-0.2, -0.15) is 5.48 Å². The zero-order valence-corrected chi connectivity index (χ0v) is 7.87. The van der Waals surface area contributed by atoms with E-state index < -0.39 is 11.9 Å². The number of nitrogens with one attached hydrogen (secondary N) is 2. The van der Waals surface area contributed by atoms with Crippen LogP contribution in [0.3, 0.4) is 0 Å². The molecule has 4 N–H and O–H groups in total. The van der Waals surface area contributed by atoms with E-state index in [0.29, 0.717) is 0 Å². The largest absolute Gasteiger partial charge is 0.368 e. The molecule has 14 heavy (non-hydrogen) atoms. The van der Waals surface area contributed by atoms with Crippen LogP contribution in [-0.2, 0) is 14.4 Å². The van der Waals surface area contributed by atoms with E-state index in [-0.39, 0.29) is 19.1 Å². The van der Waals surface area contributed by atoms with Crippen LogP contribution in [0.4, 0.5) is 0 Å². The lowest BCUT2D eigenvalue weighted by molar-refractivity contribution is -0.132. The second-order valence-corrected chi connectivity index (χ2v) is 2.52. The van der Waals surface area contributed by atoms with Crippen molar-refractivity contribution in [1.29, 1.82) is 0 Å². The third-order valence-corrected chi connectivity index (χ3v) is 1.23. The molecule has 0 aromatic heterocycles. The minimum Gasteiger partial charge on any atom is -0.368 e. The number of amides is 2. The number of hydrogen-bond donors (Lipinski definition) is 3. The Kier molecular flexibility index (Phi) is 6.11. The highest BCUT2D eigenvalue weighted by molar-refractivity contribution is 5.81. The van der Waals surface area contributed by atoms with Crippen molar-refractivity contribution in [2.24, 2.45) is 5.73 Å². The van der Waals surface area contributed by atoms with Gasteiger partial charge in [0, 0.05) is 0 Å². The van der Waals surface area contributed by atoms with Crippen molar-refractivity contribution in [3.05, 3.63) is 0 Å². The number of terminal acetylenes is 1. The fourth-order valence-corrected chi connectivity index (χ4v) is 0.583. The van der Waals surface area contributed by atoms with Crippen LogP contribution in [0.1, 0.15) is 6.92 Å². The summed E-state index contributed by atoms with van der Waals surface area (Å²) in [4.78, 5) is 26.0. The highest BCUT2D eigenvalue weighted by atomic mass is 16.6. The van der Waals surface area contributed by atoms with Crippen LogP contribution in [0.15, 0.2) is 0 Å². The third-order valence-electron chi connectivity index (χ3n) is 1.23. The van der Waals surface area contributed by atoms with Gasteiger partial charge in [-0.15, -0.1) is 6.42 Å². The molecule has 1 atom stereocenters. The number of primary amides is 1. The van der Waals surface area contributed by atoms with Gasteiger partial charge in [0.05, 0.1) is 6.54 Å². The van der Waals surface area contributed by atoms with E-state index in [1.54, 1.807) is 6.92 Å². The van der Waals surface area contributed by atoms with Crippen LogP contribution in [0.5, 0.6) is 0 Å². The maximum atomic E-state index is 11.1. The minimum absolute atomic E-state index is 0.153. The number of carbonyl (C=O) groups excluding carboxylic acids is 2. The lowest BCUT2D eigenvalue weighted by atomic mass is 10.3. The van der Waals surface area contributed by atoms with Crippen molar-refractivity contribution < 1.29 is 14.4 Å². The number of hydroxylamine groups is 1. The Morgan fingerprint density at radius 3 is 2.79 bits per heavy atom. The van der Waals surface area contributed by atoms with Gasteiger partial charge >= 0.3 is 0 Å². The lowest BCUT2D eigenvalue weighted by Crippen LogP contribution is -2.43. The van der Waals surface area contributed by atoms with Crippen molar-refractivity contribution in [2.75, 3.05) is 13.2 Å². The van der Waals surface area contributed by atoms with Crippen LogP contribution in [0.2, 0.25) is 0 Å². The van der Waals surface area contributed by atoms with Crippen molar-refractivity contribution in [3.8, 4) is 12.3 Å². The summed E-state index contributed by atoms with van der Waals surface area (Å²) < 4.78 is 0. The van der Waals surface area contributed by atoms with Gasteiger partial charge in [0.2, 0.25) is 11.8 Å². The molecule has 78 valence electrons. The van der Waals surface area contributed by atoms with E-state index in [0.717, 1.165) is 0 Å². The molecule has 0 saturated carbocycles. The third kappa shape index (κ3) is 5.99. The molecule has 0 spiro atoms. The standard InChI is InChI=1S/C8H13N3O3/c1-3-4-10-8(13)6(2)11-14-5-7(9)12/h1,6,11H,4-5H2,2H3,(H2,9,12)(H,10,13). The summed E-state index contributed by atoms with van der Waals surface area (Å²) in [6.07, 6.45) is 4.94. The molecule has 0 fully saturated rings. The van der Waals surface area contributed by atoms with Gasteiger partial charge < -0.3 is 11.1 Å². The fourth-order valence-electron chi connectivity index (χ4n) is 0.583. The molecule has 0 radical (unpaired) electrons. The normalized spacial score (nSPS) is 11.4. The topological polar surface area (TPSA) is 93.4 Å². The number of rotatable bonds is 6. The van der Waals surface area contributed by atoms with Crippen LogP contribution in [0, 0.1) is 12.3 Å². The first-order valence-corrected chi connectivity index (χ1v) is 3.94. The first kappa shape index (κ1) is 12.4. The molecule has 0 heterocycles. The molecule has 0 aliphatic heterocycles. The van der Waals surface area contributed by atoms with E-state index >= 15 is 0 Å². The van der Waals surface area contributed by atoms with E-state index in [1.807, 2.05) is 0 Å². The summed E-state index contributed by atoms with van der Waals surface area (Å²) in [6.45, 7) is 1.43. The monoisotopic (exact) mass is 199 g/mol.